The van der Waals surface area contributed by atoms with Crippen LogP contribution in [0.25, 0.3) is 0 Å². The number of esters is 2. The molecule has 0 aromatic heterocycles. The molecule has 0 saturated carbocycles. The number of ether oxygens (including phenoxy) is 3. The Labute approximate surface area is 187 Å². The van der Waals surface area contributed by atoms with E-state index in [2.05, 4.69) is 0 Å². The molecule has 0 radical (unpaired) electrons. The van der Waals surface area contributed by atoms with Crippen molar-refractivity contribution >= 4 is 23.5 Å². The number of anilines is 1. The summed E-state index contributed by atoms with van der Waals surface area (Å²) in [7, 11) is 2.65. The molecule has 2 aromatic carbocycles. The Balaban J connectivity index is 1.68. The van der Waals surface area contributed by atoms with Crippen LogP contribution in [-0.2, 0) is 25.7 Å². The number of nitrogens with zero attached hydrogens (tertiary/aromatic N) is 1. The first kappa shape index (κ1) is 23.1. The van der Waals surface area contributed by atoms with E-state index in [1.807, 2.05) is 6.08 Å². The molecule has 0 spiro atoms. The number of carbonyl (C=O) groups is 3. The molecule has 0 fully saturated rings. The lowest BCUT2D eigenvalue weighted by atomic mass is 9.98. The molecular formula is C25H27NO6. The summed E-state index contributed by atoms with van der Waals surface area (Å²) in [4.78, 5) is 37.9. The molecule has 168 valence electrons. The average molecular weight is 437 g/mol. The fraction of sp³-hybridized carbons (Fsp3) is 0.320. The van der Waals surface area contributed by atoms with Crippen LogP contribution in [0.3, 0.4) is 0 Å². The van der Waals surface area contributed by atoms with Crippen LogP contribution >= 0.6 is 0 Å². The highest BCUT2D eigenvalue weighted by molar-refractivity contribution is 6.07. The van der Waals surface area contributed by atoms with Gasteiger partial charge in [-0.1, -0.05) is 18.2 Å². The lowest BCUT2D eigenvalue weighted by Crippen LogP contribution is -2.37. The quantitative estimate of drug-likeness (QED) is 0.580. The summed E-state index contributed by atoms with van der Waals surface area (Å²) in [6, 6.07) is 14.0. The monoisotopic (exact) mass is 437 g/mol. The first-order chi connectivity index (χ1) is 15.5. The van der Waals surface area contributed by atoms with Gasteiger partial charge in [-0.3, -0.25) is 14.5 Å². The van der Waals surface area contributed by atoms with Crippen LogP contribution in [0.15, 0.2) is 60.2 Å². The molecule has 0 atom stereocenters. The van der Waals surface area contributed by atoms with E-state index in [0.717, 1.165) is 30.4 Å². The molecule has 2 aromatic rings. The van der Waals surface area contributed by atoms with Crippen LogP contribution in [0.2, 0.25) is 0 Å². The van der Waals surface area contributed by atoms with E-state index in [4.69, 9.17) is 14.2 Å². The summed E-state index contributed by atoms with van der Waals surface area (Å²) in [6.07, 6.45) is 5.59. The first-order valence-corrected chi connectivity index (χ1v) is 10.5. The fourth-order valence-corrected chi connectivity index (χ4v) is 3.42. The fourth-order valence-electron chi connectivity index (χ4n) is 3.42. The minimum atomic E-state index is -0.481. The minimum absolute atomic E-state index is 0.153. The molecule has 0 saturated heterocycles. The number of amides is 1. The average Bonchev–Trinajstić information content (AvgIpc) is 2.86. The molecule has 0 heterocycles. The number of hydrogen-bond acceptors (Lipinski definition) is 6. The summed E-state index contributed by atoms with van der Waals surface area (Å²) in [6.45, 7) is 0.165. The highest BCUT2D eigenvalue weighted by Crippen LogP contribution is 2.25. The molecule has 1 aliphatic rings. The van der Waals surface area contributed by atoms with Gasteiger partial charge in [-0.05, 0) is 67.6 Å². The molecule has 1 aliphatic carbocycles. The summed E-state index contributed by atoms with van der Waals surface area (Å²) < 4.78 is 15.3. The topological polar surface area (TPSA) is 82.1 Å². The van der Waals surface area contributed by atoms with Crippen molar-refractivity contribution in [1.29, 1.82) is 0 Å². The second-order valence-electron chi connectivity index (χ2n) is 7.41. The van der Waals surface area contributed by atoms with Gasteiger partial charge in [0.05, 0.1) is 19.8 Å². The molecule has 1 amide bonds. The van der Waals surface area contributed by atoms with E-state index in [9.17, 15) is 14.4 Å². The number of allylic oxidation sites excluding steroid dienone is 1. The van der Waals surface area contributed by atoms with Gasteiger partial charge in [0, 0.05) is 11.3 Å². The zero-order chi connectivity index (χ0) is 22.9. The van der Waals surface area contributed by atoms with E-state index in [0.29, 0.717) is 30.0 Å². The predicted molar refractivity (Wildman–Crippen MR) is 119 cm³/mol. The summed E-state index contributed by atoms with van der Waals surface area (Å²) in [5.41, 5.74) is 2.70. The van der Waals surface area contributed by atoms with E-state index >= 15 is 0 Å². The van der Waals surface area contributed by atoms with Crippen LogP contribution in [0.5, 0.6) is 5.75 Å². The third-order valence-corrected chi connectivity index (χ3v) is 5.25. The van der Waals surface area contributed by atoms with Gasteiger partial charge in [0.1, 0.15) is 18.9 Å². The van der Waals surface area contributed by atoms with Crippen molar-refractivity contribution < 1.29 is 28.6 Å². The van der Waals surface area contributed by atoms with Gasteiger partial charge in [-0.2, -0.15) is 0 Å². The Bertz CT molecular complexity index is 978. The molecule has 0 N–H and O–H groups in total. The van der Waals surface area contributed by atoms with Crippen LogP contribution in [0.4, 0.5) is 5.69 Å². The summed E-state index contributed by atoms with van der Waals surface area (Å²) in [5.74, 6) is -0.420. The van der Waals surface area contributed by atoms with E-state index < -0.39 is 5.97 Å². The number of methoxy groups -OCH3 is 2. The first-order valence-electron chi connectivity index (χ1n) is 10.5. The second-order valence-corrected chi connectivity index (χ2v) is 7.41. The maximum atomic E-state index is 13.0. The highest BCUT2D eigenvalue weighted by Gasteiger charge is 2.23. The summed E-state index contributed by atoms with van der Waals surface area (Å²) in [5, 5.41) is 0. The number of rotatable bonds is 8. The molecule has 7 nitrogen and oxygen atoms in total. The van der Waals surface area contributed by atoms with Gasteiger partial charge in [0.2, 0.25) is 0 Å². The third-order valence-electron chi connectivity index (χ3n) is 5.25. The van der Waals surface area contributed by atoms with Crippen LogP contribution in [-0.4, -0.2) is 38.6 Å². The van der Waals surface area contributed by atoms with Gasteiger partial charge in [-0.25, -0.2) is 4.79 Å². The van der Waals surface area contributed by atoms with E-state index in [1.165, 1.54) is 19.1 Å². The molecular weight excluding hydrogens is 410 g/mol. The molecule has 7 heteroatoms. The van der Waals surface area contributed by atoms with Gasteiger partial charge >= 0.3 is 11.9 Å². The van der Waals surface area contributed by atoms with E-state index in [1.54, 1.807) is 48.5 Å². The van der Waals surface area contributed by atoms with Crippen molar-refractivity contribution in [3.05, 3.63) is 71.3 Å². The molecule has 3 rings (SSSR count). The van der Waals surface area contributed by atoms with Crippen molar-refractivity contribution in [3.63, 3.8) is 0 Å². The minimum Gasteiger partial charge on any atom is -0.489 e. The molecule has 32 heavy (non-hydrogen) atoms. The van der Waals surface area contributed by atoms with Crippen LogP contribution in [0, 0.1) is 0 Å². The SMILES string of the molecule is COC(=O)CN(C(=O)C1=CCCCC1)c1ccc(OCc2ccc(C(=O)OC)cc2)cc1. The van der Waals surface area contributed by atoms with Crippen LogP contribution < -0.4 is 9.64 Å². The lowest BCUT2D eigenvalue weighted by molar-refractivity contribution is -0.139. The lowest BCUT2D eigenvalue weighted by Gasteiger charge is -2.24. The number of benzene rings is 2. The van der Waals surface area contributed by atoms with E-state index in [-0.39, 0.29) is 18.4 Å². The Morgan fingerprint density at radius 2 is 1.62 bits per heavy atom. The normalized spacial score (nSPS) is 13.0. The van der Waals surface area contributed by atoms with Gasteiger partial charge < -0.3 is 14.2 Å². The Hall–Kier alpha value is -3.61. The van der Waals surface area contributed by atoms with Crippen molar-refractivity contribution in [1.82, 2.24) is 0 Å². The second kappa shape index (κ2) is 11.1. The number of carbonyl (C=O) groups excluding carboxylic acids is 3. The predicted octanol–water partition coefficient (Wildman–Crippen LogP) is 4.06. The Morgan fingerprint density at radius 1 is 0.906 bits per heavy atom. The molecule has 0 unspecified atom stereocenters. The highest BCUT2D eigenvalue weighted by atomic mass is 16.5. The van der Waals surface area contributed by atoms with Crippen molar-refractivity contribution in [2.24, 2.45) is 0 Å². The molecule has 0 aliphatic heterocycles. The third kappa shape index (κ3) is 5.97. The van der Waals surface area contributed by atoms with Gasteiger partial charge in [0.25, 0.3) is 5.91 Å². The van der Waals surface area contributed by atoms with Gasteiger partial charge in [-0.15, -0.1) is 0 Å². The van der Waals surface area contributed by atoms with Crippen molar-refractivity contribution in [2.75, 3.05) is 25.7 Å². The molecule has 0 bridgehead atoms. The van der Waals surface area contributed by atoms with Crippen LogP contribution in [0.1, 0.15) is 41.6 Å². The maximum absolute atomic E-state index is 13.0. The standard InChI is InChI=1S/C25H27NO6/c1-30-23(27)16-26(24(28)19-6-4-3-5-7-19)21-12-14-22(15-13-21)32-17-18-8-10-20(11-9-18)25(29)31-2/h6,8-15H,3-5,7,16-17H2,1-2H3. The zero-order valence-electron chi connectivity index (χ0n) is 18.3. The smallest absolute Gasteiger partial charge is 0.337 e. The largest absolute Gasteiger partial charge is 0.489 e. The Kier molecular flexibility index (Phi) is 8.02. The maximum Gasteiger partial charge on any atom is 0.337 e. The summed E-state index contributed by atoms with van der Waals surface area (Å²) >= 11 is 0. The Morgan fingerprint density at radius 3 is 2.22 bits per heavy atom. The van der Waals surface area contributed by atoms with Crippen molar-refractivity contribution in [2.45, 2.75) is 32.3 Å². The zero-order valence-corrected chi connectivity index (χ0v) is 18.3. The van der Waals surface area contributed by atoms with Gasteiger partial charge in [0.15, 0.2) is 0 Å². The number of hydrogen-bond donors (Lipinski definition) is 0. The van der Waals surface area contributed by atoms with Crippen molar-refractivity contribution in [3.8, 4) is 5.75 Å².